The summed E-state index contributed by atoms with van der Waals surface area (Å²) in [6.07, 6.45) is -8.01. The molecular weight excluding hydrogens is 184 g/mol. The minimum atomic E-state index is -1.78. The van der Waals surface area contributed by atoms with E-state index in [0.29, 0.717) is 0 Å². The third-order valence-electron chi connectivity index (χ3n) is 2.45. The molecule has 5 N–H and O–H groups in total. The molecule has 0 amide bonds. The predicted molar refractivity (Wildman–Crippen MR) is 34.9 cm³/mol. The van der Waals surface area contributed by atoms with Gasteiger partial charge in [-0.05, 0) is 0 Å². The lowest BCUT2D eigenvalue weighted by molar-refractivity contribution is -0.215. The van der Waals surface area contributed by atoms with Crippen LogP contribution >= 0.6 is 0 Å². The molecule has 1 heterocycles. The molecule has 1 spiro atoms. The van der Waals surface area contributed by atoms with E-state index in [1.807, 2.05) is 0 Å². The van der Waals surface area contributed by atoms with Crippen LogP contribution < -0.4 is 0 Å². The van der Waals surface area contributed by atoms with Gasteiger partial charge in [0.2, 0.25) is 0 Å². The van der Waals surface area contributed by atoms with Gasteiger partial charge in [0.15, 0.2) is 0 Å². The van der Waals surface area contributed by atoms with E-state index in [-0.39, 0.29) is 0 Å². The summed E-state index contributed by atoms with van der Waals surface area (Å²) in [7, 11) is 0. The second-order valence-electron chi connectivity index (χ2n) is 3.25. The van der Waals surface area contributed by atoms with E-state index in [1.165, 1.54) is 0 Å². The zero-order valence-corrected chi connectivity index (χ0v) is 6.44. The molecule has 1 unspecified atom stereocenters. The molecule has 7 nitrogen and oxygen atoms in total. The van der Waals surface area contributed by atoms with Crippen molar-refractivity contribution in [2.24, 2.45) is 0 Å². The van der Waals surface area contributed by atoms with Crippen LogP contribution in [0, 0.1) is 0 Å². The minimum Gasteiger partial charge on any atom is -0.387 e. The summed E-state index contributed by atoms with van der Waals surface area (Å²) in [5.74, 6) is -1.78. The molecule has 2 rings (SSSR count). The summed E-state index contributed by atoms with van der Waals surface area (Å²) < 4.78 is 0. The van der Waals surface area contributed by atoms with E-state index in [9.17, 15) is 20.4 Å². The van der Waals surface area contributed by atoms with Crippen molar-refractivity contribution < 1.29 is 35.3 Å². The quantitative estimate of drug-likeness (QED) is 0.200. The number of aliphatic hydroxyl groups excluding tert-OH is 5. The summed E-state index contributed by atoms with van der Waals surface area (Å²) >= 11 is 0. The monoisotopic (exact) mass is 194 g/mol. The first-order chi connectivity index (χ1) is 6.00. The third kappa shape index (κ3) is 1.03. The standard InChI is InChI=1S/C6H10O7/c7-1-2(8)4(10)6(12-13-6)5(11)3(1)9/h1-5,7-11H/t1?,2-,3+,4+,5-. The highest BCUT2D eigenvalue weighted by atomic mass is 17.4. The molecular formula is C6H10O7. The molecule has 2 aliphatic rings. The van der Waals surface area contributed by atoms with Crippen molar-refractivity contribution in [3.8, 4) is 0 Å². The molecule has 0 bridgehead atoms. The molecule has 5 atom stereocenters. The molecule has 2 fully saturated rings. The molecule has 1 saturated heterocycles. The highest BCUT2D eigenvalue weighted by Crippen LogP contribution is 2.43. The van der Waals surface area contributed by atoms with Crippen LogP contribution in [0.15, 0.2) is 0 Å². The van der Waals surface area contributed by atoms with Gasteiger partial charge in [-0.25, -0.2) is 0 Å². The van der Waals surface area contributed by atoms with Gasteiger partial charge in [-0.2, -0.15) is 9.78 Å². The lowest BCUT2D eigenvalue weighted by Gasteiger charge is -2.37. The third-order valence-corrected chi connectivity index (χ3v) is 2.45. The Bertz CT molecular complexity index is 197. The molecule has 1 saturated carbocycles. The first-order valence-electron chi connectivity index (χ1n) is 3.78. The van der Waals surface area contributed by atoms with E-state index in [0.717, 1.165) is 0 Å². The Morgan fingerprint density at radius 3 is 1.38 bits per heavy atom. The van der Waals surface area contributed by atoms with Crippen molar-refractivity contribution in [3.63, 3.8) is 0 Å². The van der Waals surface area contributed by atoms with Crippen molar-refractivity contribution >= 4 is 0 Å². The van der Waals surface area contributed by atoms with E-state index in [2.05, 4.69) is 9.78 Å². The fourth-order valence-electron chi connectivity index (χ4n) is 1.47. The molecule has 76 valence electrons. The molecule has 0 aromatic carbocycles. The Morgan fingerprint density at radius 1 is 0.692 bits per heavy atom. The van der Waals surface area contributed by atoms with Crippen LogP contribution in [-0.4, -0.2) is 61.8 Å². The first-order valence-corrected chi connectivity index (χ1v) is 3.78. The normalized spacial score (nSPS) is 53.8. The second kappa shape index (κ2) is 2.61. The fraction of sp³-hybridized carbons (Fsp3) is 1.00. The number of aliphatic hydroxyl groups is 5. The molecule has 13 heavy (non-hydrogen) atoms. The van der Waals surface area contributed by atoms with E-state index in [1.54, 1.807) is 0 Å². The molecule has 0 radical (unpaired) electrons. The summed E-state index contributed by atoms with van der Waals surface area (Å²) in [4.78, 5) is 8.64. The maximum atomic E-state index is 9.30. The van der Waals surface area contributed by atoms with Gasteiger partial charge in [0.05, 0.1) is 0 Å². The maximum absolute atomic E-state index is 9.30. The van der Waals surface area contributed by atoms with E-state index < -0.39 is 36.3 Å². The maximum Gasteiger partial charge on any atom is 0.290 e. The van der Waals surface area contributed by atoms with Crippen LogP contribution in [0.5, 0.6) is 0 Å². The summed E-state index contributed by atoms with van der Waals surface area (Å²) in [5, 5.41) is 46.1. The van der Waals surface area contributed by atoms with Crippen LogP contribution in [0.4, 0.5) is 0 Å². The van der Waals surface area contributed by atoms with Crippen LogP contribution in [-0.2, 0) is 9.78 Å². The predicted octanol–water partition coefficient (Wildman–Crippen LogP) is -3.54. The van der Waals surface area contributed by atoms with Gasteiger partial charge in [0.25, 0.3) is 5.79 Å². The van der Waals surface area contributed by atoms with Crippen molar-refractivity contribution in [1.29, 1.82) is 0 Å². The van der Waals surface area contributed by atoms with Gasteiger partial charge in [0, 0.05) is 0 Å². The number of hydrogen-bond acceptors (Lipinski definition) is 7. The van der Waals surface area contributed by atoms with Gasteiger partial charge in [-0.15, -0.1) is 0 Å². The summed E-state index contributed by atoms with van der Waals surface area (Å²) in [5.41, 5.74) is 0. The zero-order chi connectivity index (χ0) is 9.80. The molecule has 0 aromatic heterocycles. The smallest absolute Gasteiger partial charge is 0.290 e. The van der Waals surface area contributed by atoms with Crippen molar-refractivity contribution in [2.45, 2.75) is 36.3 Å². The highest BCUT2D eigenvalue weighted by molar-refractivity contribution is 5.06. The van der Waals surface area contributed by atoms with Crippen molar-refractivity contribution in [3.05, 3.63) is 0 Å². The topological polar surface area (TPSA) is 126 Å². The average molecular weight is 194 g/mol. The van der Waals surface area contributed by atoms with Gasteiger partial charge in [0.1, 0.15) is 30.5 Å². The lowest BCUT2D eigenvalue weighted by Crippen LogP contribution is -2.65. The largest absolute Gasteiger partial charge is 0.387 e. The molecule has 1 aliphatic heterocycles. The van der Waals surface area contributed by atoms with Crippen LogP contribution in [0.2, 0.25) is 0 Å². The Labute approximate surface area is 72.7 Å². The van der Waals surface area contributed by atoms with Crippen LogP contribution in [0.1, 0.15) is 0 Å². The van der Waals surface area contributed by atoms with Crippen molar-refractivity contribution in [2.75, 3.05) is 0 Å². The Morgan fingerprint density at radius 2 is 1.08 bits per heavy atom. The SMILES string of the molecule is OC1[C@@H](O)[C@H](O)C2(OO2)[C@H](O)[C@H]1O. The zero-order valence-electron chi connectivity index (χ0n) is 6.44. The Balaban J connectivity index is 2.24. The van der Waals surface area contributed by atoms with E-state index >= 15 is 0 Å². The second-order valence-corrected chi connectivity index (χ2v) is 3.25. The van der Waals surface area contributed by atoms with Gasteiger partial charge in [-0.1, -0.05) is 0 Å². The fourth-order valence-corrected chi connectivity index (χ4v) is 1.47. The van der Waals surface area contributed by atoms with Gasteiger partial charge < -0.3 is 25.5 Å². The van der Waals surface area contributed by atoms with Crippen molar-refractivity contribution in [1.82, 2.24) is 0 Å². The number of hydrogen-bond donors (Lipinski definition) is 5. The Kier molecular flexibility index (Phi) is 1.86. The first kappa shape index (κ1) is 9.28. The lowest BCUT2D eigenvalue weighted by atomic mass is 9.83. The molecule has 1 aliphatic carbocycles. The van der Waals surface area contributed by atoms with Gasteiger partial charge in [-0.3, -0.25) is 0 Å². The van der Waals surface area contributed by atoms with Crippen LogP contribution in [0.3, 0.4) is 0 Å². The van der Waals surface area contributed by atoms with Crippen LogP contribution in [0.25, 0.3) is 0 Å². The van der Waals surface area contributed by atoms with Gasteiger partial charge >= 0.3 is 0 Å². The number of rotatable bonds is 0. The molecule has 7 heteroatoms. The Hall–Kier alpha value is -0.280. The summed E-state index contributed by atoms with van der Waals surface area (Å²) in [6, 6.07) is 0. The minimum absolute atomic E-state index is 1.58. The highest BCUT2D eigenvalue weighted by Gasteiger charge is 2.70. The molecule has 0 aromatic rings. The van der Waals surface area contributed by atoms with E-state index in [4.69, 9.17) is 5.11 Å². The summed E-state index contributed by atoms with van der Waals surface area (Å²) in [6.45, 7) is 0. The average Bonchev–Trinajstić information content (AvgIpc) is 2.91.